The van der Waals surface area contributed by atoms with E-state index in [9.17, 15) is 4.79 Å². The van der Waals surface area contributed by atoms with Crippen LogP contribution in [0, 0.1) is 0 Å². The van der Waals surface area contributed by atoms with Crippen LogP contribution in [0.25, 0.3) is 0 Å². The Labute approximate surface area is 159 Å². The highest BCUT2D eigenvalue weighted by molar-refractivity contribution is 5.99. The zero-order valence-corrected chi connectivity index (χ0v) is 15.5. The third-order valence-corrected chi connectivity index (χ3v) is 4.20. The summed E-state index contributed by atoms with van der Waals surface area (Å²) in [6.07, 6.45) is 3.23. The Kier molecular flexibility index (Phi) is 5.99. The first-order valence-corrected chi connectivity index (χ1v) is 8.91. The van der Waals surface area contributed by atoms with Gasteiger partial charge in [0.1, 0.15) is 12.1 Å². The summed E-state index contributed by atoms with van der Waals surface area (Å²) in [6, 6.07) is 17.2. The van der Waals surface area contributed by atoms with Gasteiger partial charge in [-0.25, -0.2) is 14.8 Å². The van der Waals surface area contributed by atoms with Crippen molar-refractivity contribution in [3.05, 3.63) is 77.7 Å². The molecule has 2 amide bonds. The third kappa shape index (κ3) is 5.28. The molecule has 0 fully saturated rings. The van der Waals surface area contributed by atoms with Gasteiger partial charge in [-0.15, -0.1) is 0 Å². The van der Waals surface area contributed by atoms with E-state index >= 15 is 0 Å². The second-order valence-electron chi connectivity index (χ2n) is 6.15. The van der Waals surface area contributed by atoms with E-state index in [0.717, 1.165) is 34.9 Å². The van der Waals surface area contributed by atoms with Crippen LogP contribution in [0.5, 0.6) is 0 Å². The van der Waals surface area contributed by atoms with Crippen LogP contribution in [0.3, 0.4) is 0 Å². The number of hydrogen-bond donors (Lipinski definition) is 3. The molecule has 2 aromatic carbocycles. The van der Waals surface area contributed by atoms with Crippen molar-refractivity contribution in [2.45, 2.75) is 19.8 Å². The van der Waals surface area contributed by atoms with E-state index in [0.29, 0.717) is 6.42 Å². The van der Waals surface area contributed by atoms with Crippen molar-refractivity contribution in [1.82, 2.24) is 9.97 Å². The lowest BCUT2D eigenvalue weighted by molar-refractivity contribution is 0.262. The monoisotopic (exact) mass is 361 g/mol. The number of carbonyl (C=O) groups is 1. The zero-order chi connectivity index (χ0) is 19.1. The minimum atomic E-state index is -0.263. The summed E-state index contributed by atoms with van der Waals surface area (Å²) in [5.41, 5.74) is 4.78. The van der Waals surface area contributed by atoms with Gasteiger partial charge in [0.05, 0.1) is 5.69 Å². The molecule has 27 heavy (non-hydrogen) atoms. The van der Waals surface area contributed by atoms with Crippen molar-refractivity contribution < 1.29 is 4.79 Å². The maximum atomic E-state index is 12.1. The Balaban J connectivity index is 1.57. The molecule has 3 rings (SSSR count). The third-order valence-electron chi connectivity index (χ3n) is 4.20. The van der Waals surface area contributed by atoms with Crippen molar-refractivity contribution in [3.8, 4) is 0 Å². The first-order valence-electron chi connectivity index (χ1n) is 8.91. The molecule has 1 aromatic heterocycles. The van der Waals surface area contributed by atoms with E-state index in [1.54, 1.807) is 6.33 Å². The molecule has 3 aromatic rings. The van der Waals surface area contributed by atoms with Gasteiger partial charge < -0.3 is 16.0 Å². The number of hydrogen-bond acceptors (Lipinski definition) is 4. The second kappa shape index (κ2) is 8.80. The van der Waals surface area contributed by atoms with Crippen LogP contribution in [0.4, 0.5) is 22.0 Å². The molecule has 1 heterocycles. The van der Waals surface area contributed by atoms with Crippen molar-refractivity contribution in [2.75, 3.05) is 23.0 Å². The molecular weight excluding hydrogens is 338 g/mol. The fraction of sp³-hybridized carbons (Fsp3) is 0.190. The van der Waals surface area contributed by atoms with Gasteiger partial charge in [-0.3, -0.25) is 0 Å². The average molecular weight is 361 g/mol. The highest BCUT2D eigenvalue weighted by Gasteiger charge is 2.04. The van der Waals surface area contributed by atoms with Crippen LogP contribution in [0.2, 0.25) is 0 Å². The number of benzene rings is 2. The molecule has 6 heteroatoms. The summed E-state index contributed by atoms with van der Waals surface area (Å²) in [5, 5.41) is 8.68. The topological polar surface area (TPSA) is 78.9 Å². The van der Waals surface area contributed by atoms with Crippen LogP contribution >= 0.6 is 0 Å². The first-order chi connectivity index (χ1) is 13.2. The van der Waals surface area contributed by atoms with Crippen LogP contribution in [-0.2, 0) is 12.8 Å². The fourth-order valence-corrected chi connectivity index (χ4v) is 2.66. The molecular formula is C21H23N5O. The largest absolute Gasteiger partial charge is 0.373 e. The van der Waals surface area contributed by atoms with Crippen molar-refractivity contribution in [1.29, 1.82) is 0 Å². The normalized spacial score (nSPS) is 10.3. The van der Waals surface area contributed by atoms with Crippen LogP contribution in [0.15, 0.2) is 60.9 Å². The van der Waals surface area contributed by atoms with Gasteiger partial charge in [0.2, 0.25) is 0 Å². The highest BCUT2D eigenvalue weighted by atomic mass is 16.2. The minimum absolute atomic E-state index is 0.263. The Morgan fingerprint density at radius 3 is 2.04 bits per heavy atom. The van der Waals surface area contributed by atoms with E-state index in [4.69, 9.17) is 0 Å². The Morgan fingerprint density at radius 2 is 1.48 bits per heavy atom. The molecule has 0 saturated carbocycles. The molecule has 0 spiro atoms. The number of nitrogens with zero attached hydrogens (tertiary/aromatic N) is 2. The number of amides is 2. The van der Waals surface area contributed by atoms with Crippen molar-refractivity contribution >= 4 is 23.2 Å². The van der Waals surface area contributed by atoms with E-state index in [1.807, 2.05) is 61.6 Å². The highest BCUT2D eigenvalue weighted by Crippen LogP contribution is 2.15. The molecule has 0 saturated heterocycles. The predicted molar refractivity (Wildman–Crippen MR) is 109 cm³/mol. The smallest absolute Gasteiger partial charge is 0.323 e. The van der Waals surface area contributed by atoms with Crippen molar-refractivity contribution in [2.24, 2.45) is 0 Å². The fourth-order valence-electron chi connectivity index (χ4n) is 2.66. The molecule has 0 aliphatic heterocycles. The summed E-state index contributed by atoms with van der Waals surface area (Å²) in [4.78, 5) is 20.5. The SMILES string of the molecule is CCc1ccc(NC(=O)Nc2ccc(Cc3cc(NC)ncn3)cc2)cc1. The van der Waals surface area contributed by atoms with Gasteiger partial charge in [0.15, 0.2) is 0 Å². The molecule has 0 aliphatic rings. The lowest BCUT2D eigenvalue weighted by atomic mass is 10.1. The second-order valence-corrected chi connectivity index (χ2v) is 6.15. The molecule has 0 unspecified atom stereocenters. The summed E-state index contributed by atoms with van der Waals surface area (Å²) < 4.78 is 0. The number of aromatic nitrogens is 2. The maximum absolute atomic E-state index is 12.1. The van der Waals surface area contributed by atoms with Gasteiger partial charge in [-0.05, 0) is 41.8 Å². The molecule has 3 N–H and O–H groups in total. The average Bonchev–Trinajstić information content (AvgIpc) is 2.70. The number of nitrogens with one attached hydrogen (secondary N) is 3. The number of rotatable bonds is 6. The van der Waals surface area contributed by atoms with Crippen LogP contribution < -0.4 is 16.0 Å². The van der Waals surface area contributed by atoms with E-state index in [1.165, 1.54) is 5.56 Å². The van der Waals surface area contributed by atoms with Gasteiger partial charge in [-0.1, -0.05) is 31.2 Å². The summed E-state index contributed by atoms with van der Waals surface area (Å²) in [7, 11) is 1.83. The van der Waals surface area contributed by atoms with Gasteiger partial charge in [-0.2, -0.15) is 0 Å². The Hall–Kier alpha value is -3.41. The summed E-state index contributed by atoms with van der Waals surface area (Å²) in [5.74, 6) is 0.793. The van der Waals surface area contributed by atoms with E-state index < -0.39 is 0 Å². The Bertz CT molecular complexity index is 891. The lowest BCUT2D eigenvalue weighted by Crippen LogP contribution is -2.19. The standard InChI is InChI=1S/C21H23N5O/c1-3-15-4-8-17(9-5-15)25-21(27)26-18-10-6-16(7-11-18)12-19-13-20(22-2)24-14-23-19/h4-11,13-14H,3,12H2,1-2H3,(H,22,23,24)(H2,25,26,27). The van der Waals surface area contributed by atoms with Gasteiger partial charge in [0, 0.05) is 30.9 Å². The number of aryl methyl sites for hydroxylation is 1. The number of urea groups is 1. The quantitative estimate of drug-likeness (QED) is 0.611. The molecule has 0 aliphatic carbocycles. The molecule has 0 bridgehead atoms. The van der Waals surface area contributed by atoms with Crippen LogP contribution in [-0.4, -0.2) is 23.0 Å². The van der Waals surface area contributed by atoms with Crippen molar-refractivity contribution in [3.63, 3.8) is 0 Å². The first kappa shape index (κ1) is 18.4. The van der Waals surface area contributed by atoms with Crippen LogP contribution in [0.1, 0.15) is 23.7 Å². The zero-order valence-electron chi connectivity index (χ0n) is 15.5. The lowest BCUT2D eigenvalue weighted by Gasteiger charge is -2.09. The molecule has 138 valence electrons. The Morgan fingerprint density at radius 1 is 0.889 bits per heavy atom. The molecule has 6 nitrogen and oxygen atoms in total. The summed E-state index contributed by atoms with van der Waals surface area (Å²) in [6.45, 7) is 2.10. The molecule has 0 atom stereocenters. The maximum Gasteiger partial charge on any atom is 0.323 e. The number of carbonyl (C=O) groups excluding carboxylic acids is 1. The predicted octanol–water partition coefficient (Wildman–Crippen LogP) is 4.32. The number of anilines is 3. The molecule has 0 radical (unpaired) electrons. The summed E-state index contributed by atoms with van der Waals surface area (Å²) >= 11 is 0. The van der Waals surface area contributed by atoms with E-state index in [2.05, 4.69) is 32.8 Å². The van der Waals surface area contributed by atoms with E-state index in [-0.39, 0.29) is 6.03 Å². The minimum Gasteiger partial charge on any atom is -0.373 e. The van der Waals surface area contributed by atoms with Gasteiger partial charge >= 0.3 is 6.03 Å². The van der Waals surface area contributed by atoms with Gasteiger partial charge in [0.25, 0.3) is 0 Å².